The molecule has 0 spiro atoms. The van der Waals surface area contributed by atoms with Gasteiger partial charge in [-0.15, -0.1) is 24.8 Å². The number of rotatable bonds is 4. The number of nitrogens with one attached hydrogen (secondary N) is 1. The molecule has 1 unspecified atom stereocenters. The molecule has 1 saturated heterocycles. The van der Waals surface area contributed by atoms with Gasteiger partial charge in [0, 0.05) is 12.6 Å². The van der Waals surface area contributed by atoms with E-state index in [1.54, 1.807) is 0 Å². The second kappa shape index (κ2) is 9.88. The van der Waals surface area contributed by atoms with Crippen molar-refractivity contribution in [2.45, 2.75) is 69.9 Å². The minimum Gasteiger partial charge on any atom is -0.351 e. The summed E-state index contributed by atoms with van der Waals surface area (Å²) >= 11 is 0. The van der Waals surface area contributed by atoms with Gasteiger partial charge in [-0.1, -0.05) is 25.7 Å². The molecule has 0 aromatic carbocycles. The van der Waals surface area contributed by atoms with Gasteiger partial charge in [-0.3, -0.25) is 4.79 Å². The van der Waals surface area contributed by atoms with Crippen molar-refractivity contribution < 1.29 is 4.79 Å². The van der Waals surface area contributed by atoms with Crippen LogP contribution in [0.2, 0.25) is 0 Å². The standard InChI is InChI=1S/C15H29N3O.2ClH/c1-13(12-18-10-6-3-7-11-18)17-14(19)15(16)8-4-2-5-9-15;;/h13H,2-12,16H2,1H3,(H,17,19);2*1H. The Morgan fingerprint density at radius 1 is 1.10 bits per heavy atom. The Kier molecular flexibility index (Phi) is 9.87. The molecule has 2 fully saturated rings. The van der Waals surface area contributed by atoms with Crippen molar-refractivity contribution in [3.63, 3.8) is 0 Å². The van der Waals surface area contributed by atoms with E-state index >= 15 is 0 Å². The van der Waals surface area contributed by atoms with E-state index in [0.29, 0.717) is 0 Å². The highest BCUT2D eigenvalue weighted by molar-refractivity contribution is 5.86. The number of carbonyl (C=O) groups excluding carboxylic acids is 1. The van der Waals surface area contributed by atoms with Crippen molar-refractivity contribution in [1.82, 2.24) is 10.2 Å². The van der Waals surface area contributed by atoms with Crippen molar-refractivity contribution in [3.8, 4) is 0 Å². The maximum Gasteiger partial charge on any atom is 0.240 e. The molecule has 2 aliphatic rings. The number of halogens is 2. The Labute approximate surface area is 141 Å². The lowest BCUT2D eigenvalue weighted by Gasteiger charge is -2.34. The van der Waals surface area contributed by atoms with E-state index in [9.17, 15) is 4.79 Å². The summed E-state index contributed by atoms with van der Waals surface area (Å²) in [6.45, 7) is 5.41. The maximum absolute atomic E-state index is 12.3. The molecule has 1 amide bonds. The van der Waals surface area contributed by atoms with Gasteiger partial charge in [0.1, 0.15) is 0 Å². The first-order valence-corrected chi connectivity index (χ1v) is 7.92. The molecule has 1 aliphatic carbocycles. The quantitative estimate of drug-likeness (QED) is 0.827. The molecule has 4 nitrogen and oxygen atoms in total. The molecule has 1 aliphatic heterocycles. The van der Waals surface area contributed by atoms with E-state index in [4.69, 9.17) is 5.73 Å². The number of piperidine rings is 1. The summed E-state index contributed by atoms with van der Waals surface area (Å²) in [5, 5.41) is 3.13. The van der Waals surface area contributed by atoms with Crippen LogP contribution in [0.1, 0.15) is 58.3 Å². The first kappa shape index (κ1) is 21.0. The molecule has 1 atom stereocenters. The van der Waals surface area contributed by atoms with E-state index in [1.165, 1.54) is 38.8 Å². The van der Waals surface area contributed by atoms with Crippen LogP contribution in [0.15, 0.2) is 0 Å². The summed E-state index contributed by atoms with van der Waals surface area (Å²) in [6.07, 6.45) is 9.01. The van der Waals surface area contributed by atoms with Crippen LogP contribution in [-0.2, 0) is 4.79 Å². The summed E-state index contributed by atoms with van der Waals surface area (Å²) in [4.78, 5) is 14.8. The fraction of sp³-hybridized carbons (Fsp3) is 0.933. The fourth-order valence-corrected chi connectivity index (χ4v) is 3.35. The Bertz CT molecular complexity index is 303. The molecular formula is C15H31Cl2N3O. The third-order valence-corrected chi connectivity index (χ3v) is 4.56. The van der Waals surface area contributed by atoms with Crippen molar-refractivity contribution in [2.24, 2.45) is 5.73 Å². The van der Waals surface area contributed by atoms with Crippen LogP contribution >= 0.6 is 24.8 Å². The van der Waals surface area contributed by atoms with Crippen LogP contribution < -0.4 is 11.1 Å². The lowest BCUT2D eigenvalue weighted by Crippen LogP contribution is -2.58. The smallest absolute Gasteiger partial charge is 0.240 e. The summed E-state index contributed by atoms with van der Waals surface area (Å²) in [6, 6.07) is 0.202. The summed E-state index contributed by atoms with van der Waals surface area (Å²) in [5.41, 5.74) is 5.66. The predicted molar refractivity (Wildman–Crippen MR) is 92.4 cm³/mol. The lowest BCUT2D eigenvalue weighted by atomic mass is 9.82. The normalized spacial score (nSPS) is 23.3. The van der Waals surface area contributed by atoms with Crippen molar-refractivity contribution in [1.29, 1.82) is 0 Å². The number of amides is 1. The van der Waals surface area contributed by atoms with Gasteiger partial charge >= 0.3 is 0 Å². The van der Waals surface area contributed by atoms with Gasteiger partial charge in [0.2, 0.25) is 5.91 Å². The fourth-order valence-electron chi connectivity index (χ4n) is 3.35. The minimum absolute atomic E-state index is 0. The van der Waals surface area contributed by atoms with Crippen molar-refractivity contribution >= 4 is 30.7 Å². The van der Waals surface area contributed by atoms with Gasteiger partial charge in [0.25, 0.3) is 0 Å². The average molecular weight is 340 g/mol. The number of nitrogens with zero attached hydrogens (tertiary/aromatic N) is 1. The molecule has 2 rings (SSSR count). The van der Waals surface area contributed by atoms with Crippen LogP contribution in [0.4, 0.5) is 0 Å². The molecule has 3 N–H and O–H groups in total. The maximum atomic E-state index is 12.3. The zero-order chi connectivity index (χ0) is 13.7. The molecule has 0 aromatic heterocycles. The SMILES string of the molecule is CC(CN1CCCCC1)NC(=O)C1(N)CCCCC1.Cl.Cl. The number of carbonyl (C=O) groups is 1. The first-order valence-electron chi connectivity index (χ1n) is 7.92. The summed E-state index contributed by atoms with van der Waals surface area (Å²) in [7, 11) is 0. The van der Waals surface area contributed by atoms with Crippen LogP contribution in [0.25, 0.3) is 0 Å². The van der Waals surface area contributed by atoms with Gasteiger partial charge in [-0.25, -0.2) is 0 Å². The Balaban J connectivity index is 0.00000200. The third kappa shape index (κ3) is 6.31. The van der Waals surface area contributed by atoms with E-state index < -0.39 is 5.54 Å². The largest absolute Gasteiger partial charge is 0.351 e. The second-order valence-corrected chi connectivity index (χ2v) is 6.45. The molecule has 1 saturated carbocycles. The zero-order valence-corrected chi connectivity index (χ0v) is 14.7. The van der Waals surface area contributed by atoms with Crippen molar-refractivity contribution in [3.05, 3.63) is 0 Å². The summed E-state index contributed by atoms with van der Waals surface area (Å²) < 4.78 is 0. The van der Waals surface area contributed by atoms with Crippen LogP contribution in [-0.4, -0.2) is 42.0 Å². The van der Waals surface area contributed by atoms with Crippen LogP contribution in [0.5, 0.6) is 0 Å². The molecule has 1 heterocycles. The van der Waals surface area contributed by atoms with Gasteiger partial charge in [-0.05, 0) is 45.7 Å². The van der Waals surface area contributed by atoms with Gasteiger partial charge in [0.15, 0.2) is 0 Å². The van der Waals surface area contributed by atoms with Gasteiger partial charge < -0.3 is 16.0 Å². The van der Waals surface area contributed by atoms with E-state index in [-0.39, 0.29) is 36.8 Å². The Hall–Kier alpha value is -0.0300. The minimum atomic E-state index is -0.603. The van der Waals surface area contributed by atoms with Crippen LogP contribution in [0, 0.1) is 0 Å². The third-order valence-electron chi connectivity index (χ3n) is 4.56. The average Bonchev–Trinajstić information content (AvgIpc) is 2.40. The Morgan fingerprint density at radius 2 is 1.62 bits per heavy atom. The molecular weight excluding hydrogens is 309 g/mol. The number of hydrogen-bond donors (Lipinski definition) is 2. The highest BCUT2D eigenvalue weighted by Crippen LogP contribution is 2.26. The lowest BCUT2D eigenvalue weighted by molar-refractivity contribution is -0.128. The summed E-state index contributed by atoms with van der Waals surface area (Å²) in [5.74, 6) is 0.0664. The molecule has 0 aromatic rings. The molecule has 21 heavy (non-hydrogen) atoms. The number of likely N-dealkylation sites (tertiary alicyclic amines) is 1. The number of hydrogen-bond acceptors (Lipinski definition) is 3. The van der Waals surface area contributed by atoms with E-state index in [2.05, 4.69) is 17.1 Å². The van der Waals surface area contributed by atoms with E-state index in [0.717, 1.165) is 32.2 Å². The number of nitrogens with two attached hydrogens (primary N) is 1. The van der Waals surface area contributed by atoms with Crippen LogP contribution in [0.3, 0.4) is 0 Å². The van der Waals surface area contributed by atoms with Gasteiger partial charge in [0.05, 0.1) is 5.54 Å². The topological polar surface area (TPSA) is 58.4 Å². The Morgan fingerprint density at radius 3 is 2.19 bits per heavy atom. The van der Waals surface area contributed by atoms with Crippen molar-refractivity contribution in [2.75, 3.05) is 19.6 Å². The molecule has 0 radical (unpaired) electrons. The molecule has 6 heteroatoms. The highest BCUT2D eigenvalue weighted by atomic mass is 35.5. The second-order valence-electron chi connectivity index (χ2n) is 6.45. The predicted octanol–water partition coefficient (Wildman–Crippen LogP) is 2.48. The highest BCUT2D eigenvalue weighted by Gasteiger charge is 2.35. The zero-order valence-electron chi connectivity index (χ0n) is 13.1. The van der Waals surface area contributed by atoms with Gasteiger partial charge in [-0.2, -0.15) is 0 Å². The van der Waals surface area contributed by atoms with E-state index in [1.807, 2.05) is 0 Å². The monoisotopic (exact) mass is 339 g/mol. The molecule has 0 bridgehead atoms. The first-order chi connectivity index (χ1) is 9.10. The molecule has 126 valence electrons.